The average molecular weight is 554 g/mol. The molecule has 0 aliphatic heterocycles. The average Bonchev–Trinajstić information content (AvgIpc) is 3.44. The van der Waals surface area contributed by atoms with Crippen LogP contribution in [0.1, 0.15) is 56.3 Å². The molecule has 0 fully saturated rings. The topological polar surface area (TPSA) is 142 Å². The maximum Gasteiger partial charge on any atom is 0.439 e. The zero-order valence-corrected chi connectivity index (χ0v) is 23.3. The molecule has 4 aromatic heterocycles. The summed E-state index contributed by atoms with van der Waals surface area (Å²) in [5.74, 6) is 1.13. The number of aromatic nitrogens is 7. The molecule has 0 radical (unpaired) electrons. The van der Waals surface area contributed by atoms with Gasteiger partial charge in [0.05, 0.1) is 30.4 Å². The lowest BCUT2D eigenvalue weighted by Crippen LogP contribution is -2.30. The first-order chi connectivity index (χ1) is 20.0. The molecule has 11 heteroatoms. The lowest BCUT2D eigenvalue weighted by Gasteiger charge is -2.16. The summed E-state index contributed by atoms with van der Waals surface area (Å²) < 4.78 is 11.6. The van der Waals surface area contributed by atoms with E-state index >= 15 is 0 Å². The van der Waals surface area contributed by atoms with Crippen molar-refractivity contribution in [3.63, 3.8) is 0 Å². The molecule has 11 nitrogen and oxygen atoms in total. The number of ether oxygens (including phenoxy) is 1. The van der Waals surface area contributed by atoms with Gasteiger partial charge >= 0.3 is 5.76 Å². The highest BCUT2D eigenvalue weighted by atomic mass is 16.5. The Hall–Kier alpha value is -4.93. The Morgan fingerprint density at radius 2 is 1.73 bits per heavy atom. The fraction of sp³-hybridized carbons (Fsp3) is 0.300. The van der Waals surface area contributed by atoms with E-state index in [1.54, 1.807) is 18.6 Å². The molecule has 0 aliphatic carbocycles. The highest BCUT2D eigenvalue weighted by Gasteiger charge is 2.19. The maximum atomic E-state index is 14.0. The predicted octanol–water partition coefficient (Wildman–Crippen LogP) is 4.32. The summed E-state index contributed by atoms with van der Waals surface area (Å²) in [5.41, 5.74) is 4.24. The number of aromatic amines is 1. The van der Waals surface area contributed by atoms with E-state index in [-0.39, 0.29) is 11.5 Å². The normalized spacial score (nSPS) is 11.1. The molecule has 1 N–H and O–H groups in total. The molecular formula is C30H31N7O4. The van der Waals surface area contributed by atoms with Gasteiger partial charge in [-0.15, -0.1) is 0 Å². The SMILES string of the molecule is CCCCc1nc(CC)n(-c2ncc(OCC)cn2)c(=O)c1Cc1ccc(-c2ccccc2-c2noc(=O)[nH]2)nc1. The van der Waals surface area contributed by atoms with Crippen LogP contribution in [0.2, 0.25) is 0 Å². The lowest BCUT2D eigenvalue weighted by atomic mass is 10.0. The predicted molar refractivity (Wildman–Crippen MR) is 153 cm³/mol. The Morgan fingerprint density at radius 3 is 2.37 bits per heavy atom. The van der Waals surface area contributed by atoms with Gasteiger partial charge in [0.2, 0.25) is 5.95 Å². The third-order valence-electron chi connectivity index (χ3n) is 6.64. The lowest BCUT2D eigenvalue weighted by molar-refractivity contribution is 0.337. The summed E-state index contributed by atoms with van der Waals surface area (Å²) in [6.07, 6.45) is 8.41. The van der Waals surface area contributed by atoms with E-state index in [4.69, 9.17) is 9.72 Å². The van der Waals surface area contributed by atoms with Crippen molar-refractivity contribution in [3.8, 4) is 34.3 Å². The van der Waals surface area contributed by atoms with Crippen LogP contribution in [0.15, 0.2) is 69.1 Å². The minimum Gasteiger partial charge on any atom is -0.491 e. The number of pyridine rings is 1. The molecule has 1 aromatic carbocycles. The van der Waals surface area contributed by atoms with Crippen molar-refractivity contribution in [2.75, 3.05) is 6.61 Å². The van der Waals surface area contributed by atoms with E-state index in [1.165, 1.54) is 4.57 Å². The molecule has 0 aliphatic rings. The smallest absolute Gasteiger partial charge is 0.439 e. The van der Waals surface area contributed by atoms with Crippen molar-refractivity contribution in [3.05, 3.63) is 98.5 Å². The standard InChI is InChI=1S/C30H31N7O4/c1-4-7-12-25-23(28(38)37(26(5-2)34-25)29-32-17-20(18-33-29)40-6-3)15-19-13-14-24(31-16-19)21-10-8-9-11-22(21)27-35-30(39)41-36-27/h8-11,13-14,16-18H,4-7,12,15H2,1-3H3,(H,35,36,39). The van der Waals surface area contributed by atoms with Crippen molar-refractivity contribution >= 4 is 0 Å². The molecule has 0 saturated heterocycles. The molecule has 0 unspecified atom stereocenters. The Balaban J connectivity index is 1.52. The number of benzene rings is 1. The van der Waals surface area contributed by atoms with Gasteiger partial charge in [0, 0.05) is 35.7 Å². The maximum absolute atomic E-state index is 14.0. The van der Waals surface area contributed by atoms with E-state index in [0.717, 1.165) is 29.7 Å². The third-order valence-corrected chi connectivity index (χ3v) is 6.64. The van der Waals surface area contributed by atoms with Crippen LogP contribution >= 0.6 is 0 Å². The minimum atomic E-state index is -0.624. The Morgan fingerprint density at radius 1 is 0.951 bits per heavy atom. The number of hydrogen-bond acceptors (Lipinski definition) is 9. The fourth-order valence-corrected chi connectivity index (χ4v) is 4.64. The largest absolute Gasteiger partial charge is 0.491 e. The van der Waals surface area contributed by atoms with Crippen LogP contribution in [0.5, 0.6) is 5.75 Å². The second-order valence-corrected chi connectivity index (χ2v) is 9.42. The van der Waals surface area contributed by atoms with E-state index in [1.807, 2.05) is 50.2 Å². The van der Waals surface area contributed by atoms with Crippen LogP contribution in [0.4, 0.5) is 0 Å². The minimum absolute atomic E-state index is 0.184. The van der Waals surface area contributed by atoms with E-state index in [2.05, 4.69) is 36.5 Å². The van der Waals surface area contributed by atoms with Crippen LogP contribution in [-0.2, 0) is 19.3 Å². The third kappa shape index (κ3) is 5.98. The number of H-pyrrole nitrogens is 1. The van der Waals surface area contributed by atoms with Crippen LogP contribution in [0, 0.1) is 0 Å². The second kappa shape index (κ2) is 12.5. The first-order valence-electron chi connectivity index (χ1n) is 13.7. The van der Waals surface area contributed by atoms with Gasteiger partial charge in [-0.1, -0.05) is 55.8 Å². The fourth-order valence-electron chi connectivity index (χ4n) is 4.64. The van der Waals surface area contributed by atoms with E-state index in [0.29, 0.717) is 60.1 Å². The highest BCUT2D eigenvalue weighted by Crippen LogP contribution is 2.28. The molecule has 0 saturated carbocycles. The molecule has 5 aromatic rings. The number of hydrogen-bond donors (Lipinski definition) is 1. The molecule has 5 rings (SSSR count). The zero-order chi connectivity index (χ0) is 28.8. The van der Waals surface area contributed by atoms with Crippen molar-refractivity contribution in [1.82, 2.24) is 34.6 Å². The van der Waals surface area contributed by atoms with Crippen LogP contribution < -0.4 is 16.1 Å². The van der Waals surface area contributed by atoms with Gasteiger partial charge in [0.25, 0.3) is 5.56 Å². The molecule has 4 heterocycles. The van der Waals surface area contributed by atoms with Gasteiger partial charge < -0.3 is 4.74 Å². The summed E-state index contributed by atoms with van der Waals surface area (Å²) in [4.78, 5) is 46.5. The summed E-state index contributed by atoms with van der Waals surface area (Å²) >= 11 is 0. The zero-order valence-electron chi connectivity index (χ0n) is 23.3. The molecule has 0 spiro atoms. The number of nitrogens with one attached hydrogen (secondary N) is 1. The quantitative estimate of drug-likeness (QED) is 0.253. The summed E-state index contributed by atoms with van der Waals surface area (Å²) in [5, 5.41) is 3.82. The van der Waals surface area contributed by atoms with Gasteiger partial charge in [-0.2, -0.15) is 0 Å². The van der Waals surface area contributed by atoms with E-state index in [9.17, 15) is 9.59 Å². The monoisotopic (exact) mass is 553 g/mol. The number of aryl methyl sites for hydroxylation is 2. The highest BCUT2D eigenvalue weighted by molar-refractivity contribution is 5.78. The van der Waals surface area contributed by atoms with Gasteiger partial charge in [-0.05, 0) is 31.4 Å². The van der Waals surface area contributed by atoms with Crippen LogP contribution in [0.25, 0.3) is 28.6 Å². The van der Waals surface area contributed by atoms with Crippen LogP contribution in [-0.4, -0.2) is 41.3 Å². The Kier molecular flexibility index (Phi) is 8.42. The van der Waals surface area contributed by atoms with Crippen molar-refractivity contribution in [2.24, 2.45) is 0 Å². The van der Waals surface area contributed by atoms with Gasteiger partial charge in [-0.25, -0.2) is 24.3 Å². The molecule has 0 amide bonds. The Bertz CT molecular complexity index is 1740. The number of nitrogens with zero attached hydrogens (tertiary/aromatic N) is 6. The number of unbranched alkanes of at least 4 members (excludes halogenated alkanes) is 1. The van der Waals surface area contributed by atoms with E-state index < -0.39 is 5.76 Å². The first-order valence-corrected chi connectivity index (χ1v) is 13.7. The molecule has 41 heavy (non-hydrogen) atoms. The molecule has 0 bridgehead atoms. The first kappa shape index (κ1) is 27.6. The number of rotatable bonds is 11. The summed E-state index contributed by atoms with van der Waals surface area (Å²) in [6, 6.07) is 11.3. The van der Waals surface area contributed by atoms with Gasteiger partial charge in [0.15, 0.2) is 11.6 Å². The molecule has 210 valence electrons. The molecular weight excluding hydrogens is 522 g/mol. The van der Waals surface area contributed by atoms with Crippen LogP contribution in [0.3, 0.4) is 0 Å². The Labute approximate surface area is 236 Å². The summed E-state index contributed by atoms with van der Waals surface area (Å²) in [6.45, 7) is 6.46. The molecule has 0 atom stereocenters. The van der Waals surface area contributed by atoms with Crippen molar-refractivity contribution in [2.45, 2.75) is 52.9 Å². The van der Waals surface area contributed by atoms with Crippen molar-refractivity contribution < 1.29 is 9.26 Å². The van der Waals surface area contributed by atoms with Gasteiger partial charge in [-0.3, -0.25) is 19.3 Å². The van der Waals surface area contributed by atoms with Crippen molar-refractivity contribution in [1.29, 1.82) is 0 Å². The summed E-state index contributed by atoms with van der Waals surface area (Å²) in [7, 11) is 0. The van der Waals surface area contributed by atoms with Gasteiger partial charge in [0.1, 0.15) is 5.82 Å². The second-order valence-electron chi connectivity index (χ2n) is 9.42.